The van der Waals surface area contributed by atoms with Crippen LogP contribution in [0.2, 0.25) is 5.15 Å². The van der Waals surface area contributed by atoms with E-state index in [0.29, 0.717) is 24.1 Å². The maximum Gasteiger partial charge on any atom is 0.407 e. The zero-order chi connectivity index (χ0) is 19.2. The lowest BCUT2D eigenvalue weighted by Gasteiger charge is -2.19. The number of unbranched alkanes of at least 4 members (excludes halogenated alkanes) is 1. The number of rotatable bonds is 7. The van der Waals surface area contributed by atoms with Crippen molar-refractivity contribution in [3.63, 3.8) is 0 Å². The normalized spacial score (nSPS) is 11.4. The van der Waals surface area contributed by atoms with Gasteiger partial charge >= 0.3 is 6.09 Å². The largest absolute Gasteiger partial charge is 0.444 e. The number of anilines is 1. The van der Waals surface area contributed by atoms with Gasteiger partial charge in [-0.25, -0.2) is 14.8 Å². The van der Waals surface area contributed by atoms with E-state index in [1.165, 1.54) is 0 Å². The number of nitrogens with one attached hydrogen (secondary N) is 2. The summed E-state index contributed by atoms with van der Waals surface area (Å²) >= 11 is 7.87. The minimum Gasteiger partial charge on any atom is -0.444 e. The number of nitrogens with zero attached hydrogens (tertiary/aromatic N) is 2. The summed E-state index contributed by atoms with van der Waals surface area (Å²) in [5, 5.41) is 6.32. The van der Waals surface area contributed by atoms with E-state index in [9.17, 15) is 4.79 Å². The molecule has 0 unspecified atom stereocenters. The fraction of sp³-hybridized carbons (Fsp3) is 0.500. The molecule has 0 fully saturated rings. The quantitative estimate of drug-likeness (QED) is 0.520. The molecular weight excluding hydrogens is 372 g/mol. The van der Waals surface area contributed by atoms with Crippen LogP contribution >= 0.6 is 23.4 Å². The van der Waals surface area contributed by atoms with Gasteiger partial charge in [-0.2, -0.15) is 0 Å². The number of amides is 1. The third kappa shape index (κ3) is 6.53. The molecule has 0 atom stereocenters. The molecule has 0 aliphatic rings. The van der Waals surface area contributed by atoms with Crippen molar-refractivity contribution < 1.29 is 9.53 Å². The van der Waals surface area contributed by atoms with Crippen LogP contribution in [-0.4, -0.2) is 41.0 Å². The van der Waals surface area contributed by atoms with Crippen LogP contribution < -0.4 is 10.6 Å². The summed E-state index contributed by atoms with van der Waals surface area (Å²) in [5.41, 5.74) is 1.11. The van der Waals surface area contributed by atoms with E-state index in [-0.39, 0.29) is 0 Å². The molecular formula is C18H25ClN4O2S. The molecule has 0 aliphatic heterocycles. The SMILES string of the molecule is CSc1ccc2nc(Cl)c(NCCCCNC(=O)OC(C)(C)C)nc2c1. The van der Waals surface area contributed by atoms with Crippen molar-refractivity contribution in [1.82, 2.24) is 15.3 Å². The number of halogens is 1. The highest BCUT2D eigenvalue weighted by Crippen LogP contribution is 2.24. The number of aromatic nitrogens is 2. The van der Waals surface area contributed by atoms with Crippen molar-refractivity contribution in [2.24, 2.45) is 0 Å². The van der Waals surface area contributed by atoms with Gasteiger partial charge in [-0.3, -0.25) is 0 Å². The van der Waals surface area contributed by atoms with E-state index in [1.807, 2.05) is 45.2 Å². The van der Waals surface area contributed by atoms with Gasteiger partial charge in [0.2, 0.25) is 0 Å². The molecule has 0 radical (unpaired) electrons. The molecule has 1 heterocycles. The highest BCUT2D eigenvalue weighted by Gasteiger charge is 2.15. The molecule has 142 valence electrons. The van der Waals surface area contributed by atoms with Crippen LogP contribution in [0.25, 0.3) is 11.0 Å². The number of benzene rings is 1. The maximum atomic E-state index is 11.5. The first-order valence-corrected chi connectivity index (χ1v) is 10.1. The summed E-state index contributed by atoms with van der Waals surface area (Å²) in [4.78, 5) is 21.6. The van der Waals surface area contributed by atoms with Gasteiger partial charge in [-0.15, -0.1) is 11.8 Å². The Balaban J connectivity index is 1.79. The standard InChI is InChI=1S/C18H25ClN4O2S/c1-18(2,3)25-17(24)21-10-6-5-9-20-16-15(19)22-13-8-7-12(26-4)11-14(13)23-16/h7-8,11H,5-6,9-10H2,1-4H3,(H,20,23)(H,21,24). The van der Waals surface area contributed by atoms with Gasteiger partial charge in [0.1, 0.15) is 5.60 Å². The fourth-order valence-corrected chi connectivity index (χ4v) is 2.85. The number of carbonyl (C=O) groups excluding carboxylic acids is 1. The van der Waals surface area contributed by atoms with E-state index in [0.717, 1.165) is 28.8 Å². The average molecular weight is 397 g/mol. The summed E-state index contributed by atoms with van der Waals surface area (Å²) < 4.78 is 5.19. The lowest BCUT2D eigenvalue weighted by molar-refractivity contribution is 0.0527. The van der Waals surface area contributed by atoms with E-state index in [2.05, 4.69) is 20.6 Å². The molecule has 8 heteroatoms. The third-order valence-corrected chi connectivity index (χ3v) is 4.38. The summed E-state index contributed by atoms with van der Waals surface area (Å²) in [6.45, 7) is 6.77. The average Bonchev–Trinajstić information content (AvgIpc) is 2.56. The van der Waals surface area contributed by atoms with Gasteiger partial charge in [0.25, 0.3) is 0 Å². The molecule has 2 N–H and O–H groups in total. The summed E-state index contributed by atoms with van der Waals surface area (Å²) in [7, 11) is 0. The molecule has 0 saturated carbocycles. The van der Waals surface area contributed by atoms with Crippen molar-refractivity contribution >= 4 is 46.3 Å². The van der Waals surface area contributed by atoms with E-state index >= 15 is 0 Å². The number of thioether (sulfide) groups is 1. The molecule has 26 heavy (non-hydrogen) atoms. The molecule has 0 aliphatic carbocycles. The van der Waals surface area contributed by atoms with Crippen molar-refractivity contribution in [3.05, 3.63) is 23.4 Å². The Hall–Kier alpha value is -1.73. The van der Waals surface area contributed by atoms with Crippen LogP contribution in [0.3, 0.4) is 0 Å². The zero-order valence-electron chi connectivity index (χ0n) is 15.6. The van der Waals surface area contributed by atoms with Crippen molar-refractivity contribution in [2.75, 3.05) is 24.7 Å². The third-order valence-electron chi connectivity index (χ3n) is 3.39. The highest BCUT2D eigenvalue weighted by atomic mass is 35.5. The number of ether oxygens (including phenoxy) is 1. The van der Waals surface area contributed by atoms with Crippen LogP contribution in [-0.2, 0) is 4.74 Å². The number of hydrogen-bond acceptors (Lipinski definition) is 6. The molecule has 0 bridgehead atoms. The van der Waals surface area contributed by atoms with Crippen LogP contribution in [0.5, 0.6) is 0 Å². The van der Waals surface area contributed by atoms with Crippen molar-refractivity contribution in [1.29, 1.82) is 0 Å². The predicted octanol–water partition coefficient (Wildman–Crippen LogP) is 4.72. The second kappa shape index (κ2) is 9.28. The molecule has 1 aromatic heterocycles. The first-order valence-electron chi connectivity index (χ1n) is 8.50. The zero-order valence-corrected chi connectivity index (χ0v) is 17.1. The monoisotopic (exact) mass is 396 g/mol. The summed E-state index contributed by atoms with van der Waals surface area (Å²) in [5.74, 6) is 0.581. The first-order chi connectivity index (χ1) is 12.3. The maximum absolute atomic E-state index is 11.5. The lowest BCUT2D eigenvalue weighted by atomic mass is 10.2. The Kier molecular flexibility index (Phi) is 7.34. The summed E-state index contributed by atoms with van der Waals surface area (Å²) in [6, 6.07) is 5.92. The van der Waals surface area contributed by atoms with Crippen molar-refractivity contribution in [2.45, 2.75) is 44.1 Å². The second-order valence-electron chi connectivity index (χ2n) is 6.78. The Morgan fingerprint density at radius 1 is 1.19 bits per heavy atom. The molecule has 0 saturated heterocycles. The summed E-state index contributed by atoms with van der Waals surface area (Å²) in [6.07, 6.45) is 3.31. The number of carbonyl (C=O) groups is 1. The van der Waals surface area contributed by atoms with Crippen LogP contribution in [0.15, 0.2) is 23.1 Å². The number of fused-ring (bicyclic) bond motifs is 1. The molecule has 0 spiro atoms. The van der Waals surface area contributed by atoms with Gasteiger partial charge in [-0.05, 0) is 58.1 Å². The van der Waals surface area contributed by atoms with Crippen LogP contribution in [0.4, 0.5) is 10.6 Å². The number of hydrogen-bond donors (Lipinski definition) is 2. The minimum atomic E-state index is -0.479. The van der Waals surface area contributed by atoms with Gasteiger partial charge < -0.3 is 15.4 Å². The topological polar surface area (TPSA) is 76.1 Å². The fourth-order valence-electron chi connectivity index (χ4n) is 2.21. The predicted molar refractivity (Wildman–Crippen MR) is 108 cm³/mol. The van der Waals surface area contributed by atoms with E-state index in [4.69, 9.17) is 16.3 Å². The Bertz CT molecular complexity index is 765. The Morgan fingerprint density at radius 2 is 1.92 bits per heavy atom. The van der Waals surface area contributed by atoms with E-state index in [1.54, 1.807) is 11.8 Å². The molecule has 1 amide bonds. The van der Waals surface area contributed by atoms with E-state index < -0.39 is 11.7 Å². The smallest absolute Gasteiger partial charge is 0.407 e. The Labute approximate surface area is 163 Å². The lowest BCUT2D eigenvalue weighted by Crippen LogP contribution is -2.33. The number of alkyl carbamates (subject to hydrolysis) is 1. The van der Waals surface area contributed by atoms with Crippen LogP contribution in [0, 0.1) is 0 Å². The van der Waals surface area contributed by atoms with Gasteiger partial charge in [0, 0.05) is 18.0 Å². The van der Waals surface area contributed by atoms with Gasteiger partial charge in [0.05, 0.1) is 11.0 Å². The molecule has 2 aromatic rings. The minimum absolute atomic E-state index is 0.362. The molecule has 1 aromatic carbocycles. The van der Waals surface area contributed by atoms with Crippen LogP contribution in [0.1, 0.15) is 33.6 Å². The highest BCUT2D eigenvalue weighted by molar-refractivity contribution is 7.98. The first kappa shape index (κ1) is 20.6. The Morgan fingerprint density at radius 3 is 2.62 bits per heavy atom. The van der Waals surface area contributed by atoms with Gasteiger partial charge in [0.15, 0.2) is 11.0 Å². The van der Waals surface area contributed by atoms with Crippen molar-refractivity contribution in [3.8, 4) is 0 Å². The molecule has 2 rings (SSSR count). The second-order valence-corrected chi connectivity index (χ2v) is 8.02. The van der Waals surface area contributed by atoms with Gasteiger partial charge in [-0.1, -0.05) is 11.6 Å². The molecule has 6 nitrogen and oxygen atoms in total.